The number of aromatic nitrogens is 1. The van der Waals surface area contributed by atoms with Gasteiger partial charge in [0.05, 0.1) is 17.8 Å². The molecule has 0 radical (unpaired) electrons. The van der Waals surface area contributed by atoms with Gasteiger partial charge in [-0.1, -0.05) is 0 Å². The number of pyridine rings is 1. The fourth-order valence-electron chi connectivity index (χ4n) is 1.51. The van der Waals surface area contributed by atoms with Gasteiger partial charge in [-0.15, -0.1) is 0 Å². The highest BCUT2D eigenvalue weighted by atomic mass is 19.1. The topological polar surface area (TPSA) is 48.1 Å². The van der Waals surface area contributed by atoms with Crippen LogP contribution in [0.25, 0.3) is 10.9 Å². The van der Waals surface area contributed by atoms with E-state index in [9.17, 15) is 4.39 Å². The minimum atomic E-state index is -0.316. The van der Waals surface area contributed by atoms with E-state index in [0.29, 0.717) is 23.5 Å². The molecule has 0 fully saturated rings. The molecule has 0 saturated carbocycles. The first-order valence-corrected chi connectivity index (χ1v) is 4.54. The average molecular weight is 206 g/mol. The summed E-state index contributed by atoms with van der Waals surface area (Å²) < 4.78 is 17.9. The van der Waals surface area contributed by atoms with Crippen molar-refractivity contribution >= 4 is 16.6 Å². The number of hydrogen-bond donors (Lipinski definition) is 1. The van der Waals surface area contributed by atoms with Crippen molar-refractivity contribution < 1.29 is 9.13 Å². The number of nitrogens with zero attached hydrogens (tertiary/aromatic N) is 1. The molecule has 1 aromatic heterocycles. The smallest absolute Gasteiger partial charge is 0.125 e. The molecule has 15 heavy (non-hydrogen) atoms. The van der Waals surface area contributed by atoms with Crippen LogP contribution in [0, 0.1) is 5.82 Å². The number of rotatable bonds is 2. The first-order chi connectivity index (χ1) is 7.20. The van der Waals surface area contributed by atoms with E-state index in [4.69, 9.17) is 10.5 Å². The van der Waals surface area contributed by atoms with Crippen LogP contribution in [0.5, 0.6) is 0 Å². The standard InChI is InChI=1S/C11H11FN2O/c1-15-6-8-5-10(13)9-3-2-7(12)4-11(9)14-8/h2-5H,6H2,1H3,(H2,13,14). The van der Waals surface area contributed by atoms with Crippen LogP contribution >= 0.6 is 0 Å². The minimum Gasteiger partial charge on any atom is -0.398 e. The second kappa shape index (κ2) is 3.82. The second-order valence-corrected chi connectivity index (χ2v) is 3.30. The van der Waals surface area contributed by atoms with Gasteiger partial charge in [-0.05, 0) is 18.2 Å². The van der Waals surface area contributed by atoms with Gasteiger partial charge in [0, 0.05) is 24.2 Å². The Balaban J connectivity index is 2.63. The summed E-state index contributed by atoms with van der Waals surface area (Å²) >= 11 is 0. The van der Waals surface area contributed by atoms with Crippen molar-refractivity contribution in [3.8, 4) is 0 Å². The van der Waals surface area contributed by atoms with E-state index in [-0.39, 0.29) is 5.82 Å². The van der Waals surface area contributed by atoms with E-state index in [1.807, 2.05) is 0 Å². The maximum absolute atomic E-state index is 13.0. The lowest BCUT2D eigenvalue weighted by Crippen LogP contribution is -1.97. The molecule has 0 amide bonds. The van der Waals surface area contributed by atoms with Crippen LogP contribution in [0.2, 0.25) is 0 Å². The van der Waals surface area contributed by atoms with Gasteiger partial charge in [0.15, 0.2) is 0 Å². The molecule has 0 aliphatic heterocycles. The fraction of sp³-hybridized carbons (Fsp3) is 0.182. The number of nitrogen functional groups attached to an aromatic ring is 1. The third-order valence-electron chi connectivity index (χ3n) is 2.15. The van der Waals surface area contributed by atoms with E-state index in [2.05, 4.69) is 4.98 Å². The first kappa shape index (κ1) is 9.86. The summed E-state index contributed by atoms with van der Waals surface area (Å²) in [6, 6.07) is 6.11. The van der Waals surface area contributed by atoms with E-state index in [1.165, 1.54) is 12.1 Å². The van der Waals surface area contributed by atoms with Crippen LogP contribution in [0.1, 0.15) is 5.69 Å². The Hall–Kier alpha value is -1.68. The summed E-state index contributed by atoms with van der Waals surface area (Å²) in [6.45, 7) is 0.372. The highest BCUT2D eigenvalue weighted by molar-refractivity contribution is 5.90. The Morgan fingerprint density at radius 1 is 1.40 bits per heavy atom. The maximum Gasteiger partial charge on any atom is 0.125 e. The molecule has 1 heterocycles. The summed E-state index contributed by atoms with van der Waals surface area (Å²) in [4.78, 5) is 4.24. The molecule has 2 rings (SSSR count). The molecule has 0 bridgehead atoms. The Kier molecular flexibility index (Phi) is 2.51. The van der Waals surface area contributed by atoms with Crippen LogP contribution < -0.4 is 5.73 Å². The number of ether oxygens (including phenoxy) is 1. The highest BCUT2D eigenvalue weighted by Gasteiger charge is 2.04. The van der Waals surface area contributed by atoms with E-state index in [0.717, 1.165) is 5.39 Å². The minimum absolute atomic E-state index is 0.316. The SMILES string of the molecule is COCc1cc(N)c2ccc(F)cc2n1. The molecule has 0 atom stereocenters. The van der Waals surface area contributed by atoms with Crippen molar-refractivity contribution in [1.29, 1.82) is 0 Å². The molecule has 4 heteroatoms. The average Bonchev–Trinajstić information content (AvgIpc) is 2.17. The van der Waals surface area contributed by atoms with Crippen LogP contribution in [0.4, 0.5) is 10.1 Å². The molecule has 0 saturated heterocycles. The van der Waals surface area contributed by atoms with Gasteiger partial charge in [0.25, 0.3) is 0 Å². The highest BCUT2D eigenvalue weighted by Crippen LogP contribution is 2.21. The third-order valence-corrected chi connectivity index (χ3v) is 2.15. The largest absolute Gasteiger partial charge is 0.398 e. The Labute approximate surface area is 86.7 Å². The second-order valence-electron chi connectivity index (χ2n) is 3.30. The number of nitrogens with two attached hydrogens (primary N) is 1. The molecule has 3 nitrogen and oxygen atoms in total. The lowest BCUT2D eigenvalue weighted by molar-refractivity contribution is 0.182. The molecular formula is C11H11FN2O. The van der Waals surface area contributed by atoms with Crippen molar-refractivity contribution in [3.05, 3.63) is 35.8 Å². The van der Waals surface area contributed by atoms with Crippen molar-refractivity contribution in [2.45, 2.75) is 6.61 Å². The molecule has 2 aromatic rings. The summed E-state index contributed by atoms with van der Waals surface area (Å²) in [5.41, 5.74) is 7.67. The van der Waals surface area contributed by atoms with Gasteiger partial charge >= 0.3 is 0 Å². The molecule has 0 spiro atoms. The number of halogens is 1. The van der Waals surface area contributed by atoms with Gasteiger partial charge in [-0.3, -0.25) is 4.98 Å². The van der Waals surface area contributed by atoms with Crippen LogP contribution in [0.3, 0.4) is 0 Å². The monoisotopic (exact) mass is 206 g/mol. The van der Waals surface area contributed by atoms with E-state index < -0.39 is 0 Å². The van der Waals surface area contributed by atoms with Gasteiger partial charge in [0.2, 0.25) is 0 Å². The number of benzene rings is 1. The summed E-state index contributed by atoms with van der Waals surface area (Å²) in [5.74, 6) is -0.316. The zero-order chi connectivity index (χ0) is 10.8. The number of hydrogen-bond acceptors (Lipinski definition) is 3. The summed E-state index contributed by atoms with van der Waals surface area (Å²) in [7, 11) is 1.58. The Morgan fingerprint density at radius 2 is 2.20 bits per heavy atom. The summed E-state index contributed by atoms with van der Waals surface area (Å²) in [6.07, 6.45) is 0. The van der Waals surface area contributed by atoms with Gasteiger partial charge < -0.3 is 10.5 Å². The van der Waals surface area contributed by atoms with Crippen LogP contribution in [0.15, 0.2) is 24.3 Å². The molecule has 0 aliphatic carbocycles. The van der Waals surface area contributed by atoms with E-state index in [1.54, 1.807) is 19.2 Å². The molecule has 2 N–H and O–H groups in total. The van der Waals surface area contributed by atoms with Crippen molar-refractivity contribution in [2.75, 3.05) is 12.8 Å². The first-order valence-electron chi connectivity index (χ1n) is 4.54. The lowest BCUT2D eigenvalue weighted by atomic mass is 10.1. The zero-order valence-corrected chi connectivity index (χ0v) is 8.33. The molecule has 0 unspecified atom stereocenters. The van der Waals surface area contributed by atoms with Crippen molar-refractivity contribution in [3.63, 3.8) is 0 Å². The summed E-state index contributed by atoms with van der Waals surface area (Å²) in [5, 5.41) is 0.760. The quantitative estimate of drug-likeness (QED) is 0.818. The third kappa shape index (κ3) is 1.89. The number of anilines is 1. The predicted molar refractivity (Wildman–Crippen MR) is 56.8 cm³/mol. The predicted octanol–water partition coefficient (Wildman–Crippen LogP) is 2.10. The van der Waals surface area contributed by atoms with Gasteiger partial charge in [-0.25, -0.2) is 4.39 Å². The van der Waals surface area contributed by atoms with Gasteiger partial charge in [0.1, 0.15) is 5.82 Å². The normalized spacial score (nSPS) is 10.8. The van der Waals surface area contributed by atoms with E-state index >= 15 is 0 Å². The fourth-order valence-corrected chi connectivity index (χ4v) is 1.51. The zero-order valence-electron chi connectivity index (χ0n) is 8.33. The lowest BCUT2D eigenvalue weighted by Gasteiger charge is -2.05. The Morgan fingerprint density at radius 3 is 2.93 bits per heavy atom. The van der Waals surface area contributed by atoms with Gasteiger partial charge in [-0.2, -0.15) is 0 Å². The number of methoxy groups -OCH3 is 1. The molecule has 78 valence electrons. The molecule has 0 aliphatic rings. The molecular weight excluding hydrogens is 195 g/mol. The van der Waals surface area contributed by atoms with Crippen LogP contribution in [-0.4, -0.2) is 12.1 Å². The number of fused-ring (bicyclic) bond motifs is 1. The van der Waals surface area contributed by atoms with Crippen molar-refractivity contribution in [1.82, 2.24) is 4.98 Å². The van der Waals surface area contributed by atoms with Crippen LogP contribution in [-0.2, 0) is 11.3 Å². The maximum atomic E-state index is 13.0. The Bertz CT molecular complexity index is 499. The van der Waals surface area contributed by atoms with Crippen molar-refractivity contribution in [2.24, 2.45) is 0 Å². The molecule has 1 aromatic carbocycles.